The van der Waals surface area contributed by atoms with Crippen LogP contribution in [-0.4, -0.2) is 43.8 Å². The summed E-state index contributed by atoms with van der Waals surface area (Å²) < 4.78 is 5.18. The number of nitrogens with one attached hydrogen (secondary N) is 3. The van der Waals surface area contributed by atoms with Crippen molar-refractivity contribution in [3.8, 4) is 0 Å². The molecule has 128 valence electrons. The van der Waals surface area contributed by atoms with Gasteiger partial charge in [0, 0.05) is 26.2 Å². The van der Waals surface area contributed by atoms with E-state index < -0.39 is 5.60 Å². The quantitative estimate of drug-likeness (QED) is 0.383. The lowest BCUT2D eigenvalue weighted by atomic mass is 10.2. The molecule has 0 bridgehead atoms. The smallest absolute Gasteiger partial charge is 0.407 e. The van der Waals surface area contributed by atoms with Crippen molar-refractivity contribution in [3.05, 3.63) is 0 Å². The molecule has 0 aromatic carbocycles. The highest BCUT2D eigenvalue weighted by molar-refractivity contribution is 5.80. The second kappa shape index (κ2) is 8.86. The summed E-state index contributed by atoms with van der Waals surface area (Å²) in [6, 6.07) is 0.575. The summed E-state index contributed by atoms with van der Waals surface area (Å²) in [5.41, 5.74) is -0.451. The Morgan fingerprint density at radius 1 is 1.27 bits per heavy atom. The average Bonchev–Trinajstić information content (AvgIpc) is 3.13. The third-order valence-corrected chi connectivity index (χ3v) is 3.44. The van der Waals surface area contributed by atoms with Crippen LogP contribution in [0.4, 0.5) is 4.79 Å². The molecule has 2 unspecified atom stereocenters. The predicted octanol–water partition coefficient (Wildman–Crippen LogP) is 2.25. The molecule has 3 N–H and O–H groups in total. The number of hydrogen-bond acceptors (Lipinski definition) is 3. The Balaban J connectivity index is 2.07. The van der Waals surface area contributed by atoms with Crippen LogP contribution in [0.3, 0.4) is 0 Å². The highest BCUT2D eigenvalue weighted by Gasteiger charge is 2.36. The van der Waals surface area contributed by atoms with Crippen molar-refractivity contribution in [2.75, 3.05) is 20.1 Å². The van der Waals surface area contributed by atoms with Crippen LogP contribution in [0.2, 0.25) is 0 Å². The molecule has 0 spiro atoms. The molecule has 0 saturated heterocycles. The maximum absolute atomic E-state index is 11.5. The molecular weight excluding hydrogens is 280 g/mol. The van der Waals surface area contributed by atoms with Gasteiger partial charge < -0.3 is 20.7 Å². The van der Waals surface area contributed by atoms with E-state index in [1.807, 2.05) is 20.8 Å². The van der Waals surface area contributed by atoms with E-state index >= 15 is 0 Å². The summed E-state index contributed by atoms with van der Waals surface area (Å²) in [5.74, 6) is 1.65. The van der Waals surface area contributed by atoms with Crippen molar-refractivity contribution >= 4 is 12.1 Å². The van der Waals surface area contributed by atoms with Crippen LogP contribution in [0.15, 0.2) is 4.99 Å². The van der Waals surface area contributed by atoms with Crippen LogP contribution >= 0.6 is 0 Å². The molecular formula is C16H32N4O2. The van der Waals surface area contributed by atoms with Gasteiger partial charge in [-0.25, -0.2) is 4.79 Å². The first kappa shape index (κ1) is 18.6. The second-order valence-corrected chi connectivity index (χ2v) is 6.82. The number of guanidine groups is 1. The summed E-state index contributed by atoms with van der Waals surface area (Å²) in [7, 11) is 1.78. The van der Waals surface area contributed by atoms with E-state index in [0.717, 1.165) is 24.8 Å². The van der Waals surface area contributed by atoms with Gasteiger partial charge in [0.2, 0.25) is 0 Å². The van der Waals surface area contributed by atoms with Gasteiger partial charge in [-0.15, -0.1) is 0 Å². The number of rotatable bonds is 7. The molecule has 1 aliphatic carbocycles. The molecule has 1 rings (SSSR count). The van der Waals surface area contributed by atoms with E-state index in [0.29, 0.717) is 12.6 Å². The van der Waals surface area contributed by atoms with Crippen molar-refractivity contribution in [1.82, 2.24) is 16.0 Å². The van der Waals surface area contributed by atoms with Crippen LogP contribution < -0.4 is 16.0 Å². The van der Waals surface area contributed by atoms with Gasteiger partial charge in [0.05, 0.1) is 0 Å². The standard InChI is InChI=1S/C16H32N4O2/c1-6-8-12-11-13(12)20-14(17-5)18-9-7-10-19-15(21)22-16(2,3)4/h12-13H,6-11H2,1-5H3,(H,19,21)(H2,17,18,20). The average molecular weight is 312 g/mol. The summed E-state index contributed by atoms with van der Waals surface area (Å²) >= 11 is 0. The zero-order valence-corrected chi connectivity index (χ0v) is 14.7. The largest absolute Gasteiger partial charge is 0.444 e. The van der Waals surface area contributed by atoms with Crippen molar-refractivity contribution in [2.24, 2.45) is 10.9 Å². The van der Waals surface area contributed by atoms with E-state index in [4.69, 9.17) is 4.74 Å². The topological polar surface area (TPSA) is 74.8 Å². The fourth-order valence-corrected chi connectivity index (χ4v) is 2.28. The van der Waals surface area contributed by atoms with Gasteiger partial charge in [0.1, 0.15) is 5.60 Å². The summed E-state index contributed by atoms with van der Waals surface area (Å²) in [5, 5.41) is 9.45. The Morgan fingerprint density at radius 3 is 2.55 bits per heavy atom. The van der Waals surface area contributed by atoms with Crippen LogP contribution in [0.5, 0.6) is 0 Å². The highest BCUT2D eigenvalue weighted by atomic mass is 16.6. The molecule has 1 saturated carbocycles. The van der Waals surface area contributed by atoms with E-state index in [1.54, 1.807) is 7.05 Å². The molecule has 22 heavy (non-hydrogen) atoms. The highest BCUT2D eigenvalue weighted by Crippen LogP contribution is 2.34. The Hall–Kier alpha value is -1.46. The van der Waals surface area contributed by atoms with Gasteiger partial charge in [-0.05, 0) is 46.0 Å². The molecule has 0 aromatic rings. The van der Waals surface area contributed by atoms with Gasteiger partial charge in [-0.2, -0.15) is 0 Å². The monoisotopic (exact) mass is 312 g/mol. The van der Waals surface area contributed by atoms with Gasteiger partial charge in [0.25, 0.3) is 0 Å². The molecule has 2 atom stereocenters. The molecule has 1 fully saturated rings. The maximum atomic E-state index is 11.5. The van der Waals surface area contributed by atoms with E-state index in [2.05, 4.69) is 27.9 Å². The minimum absolute atomic E-state index is 0.365. The second-order valence-electron chi connectivity index (χ2n) is 6.82. The first-order chi connectivity index (χ1) is 10.4. The Bertz CT molecular complexity index is 377. The third-order valence-electron chi connectivity index (χ3n) is 3.44. The zero-order chi connectivity index (χ0) is 16.6. The Kier molecular flexibility index (Phi) is 7.48. The summed E-state index contributed by atoms with van der Waals surface area (Å²) in [6.07, 6.45) is 4.23. The number of carbonyl (C=O) groups excluding carboxylic acids is 1. The number of nitrogens with zero attached hydrogens (tertiary/aromatic N) is 1. The van der Waals surface area contributed by atoms with Crippen LogP contribution in [0.25, 0.3) is 0 Å². The fraction of sp³-hybridized carbons (Fsp3) is 0.875. The lowest BCUT2D eigenvalue weighted by molar-refractivity contribution is 0.0527. The van der Waals surface area contributed by atoms with Crippen LogP contribution in [-0.2, 0) is 4.74 Å². The van der Waals surface area contributed by atoms with Crippen molar-refractivity contribution in [1.29, 1.82) is 0 Å². The number of ether oxygens (including phenoxy) is 1. The number of carbonyl (C=O) groups is 1. The first-order valence-electron chi connectivity index (χ1n) is 8.29. The maximum Gasteiger partial charge on any atom is 0.407 e. The van der Waals surface area contributed by atoms with E-state index in [1.165, 1.54) is 19.3 Å². The Morgan fingerprint density at radius 2 is 1.95 bits per heavy atom. The lowest BCUT2D eigenvalue weighted by Gasteiger charge is -2.19. The molecule has 6 heteroatoms. The van der Waals surface area contributed by atoms with Crippen molar-refractivity contribution < 1.29 is 9.53 Å². The number of alkyl carbamates (subject to hydrolysis) is 1. The van der Waals surface area contributed by atoms with Crippen molar-refractivity contribution in [2.45, 2.75) is 65.0 Å². The van der Waals surface area contributed by atoms with Gasteiger partial charge in [0.15, 0.2) is 5.96 Å². The number of amides is 1. The molecule has 0 radical (unpaired) electrons. The van der Waals surface area contributed by atoms with Crippen molar-refractivity contribution in [3.63, 3.8) is 0 Å². The first-order valence-corrected chi connectivity index (χ1v) is 8.29. The fourth-order valence-electron chi connectivity index (χ4n) is 2.28. The summed E-state index contributed by atoms with van der Waals surface area (Å²) in [4.78, 5) is 15.7. The molecule has 1 aliphatic rings. The molecule has 0 aliphatic heterocycles. The van der Waals surface area contributed by atoms with Gasteiger partial charge >= 0.3 is 6.09 Å². The molecule has 0 heterocycles. The lowest BCUT2D eigenvalue weighted by Crippen LogP contribution is -2.40. The predicted molar refractivity (Wildman–Crippen MR) is 90.2 cm³/mol. The number of hydrogen-bond donors (Lipinski definition) is 3. The zero-order valence-electron chi connectivity index (χ0n) is 14.7. The molecule has 6 nitrogen and oxygen atoms in total. The van der Waals surface area contributed by atoms with E-state index in [-0.39, 0.29) is 6.09 Å². The Labute approximate surface area is 134 Å². The molecule has 1 amide bonds. The SMILES string of the molecule is CCCC1CC1NC(=NC)NCCCNC(=O)OC(C)(C)C. The van der Waals surface area contributed by atoms with Crippen LogP contribution in [0, 0.1) is 5.92 Å². The minimum atomic E-state index is -0.451. The minimum Gasteiger partial charge on any atom is -0.444 e. The number of aliphatic imine (C=N–C) groups is 1. The third kappa shape index (κ3) is 8.10. The van der Waals surface area contributed by atoms with Gasteiger partial charge in [-0.3, -0.25) is 4.99 Å². The van der Waals surface area contributed by atoms with Crippen LogP contribution in [0.1, 0.15) is 53.4 Å². The normalized spacial score (nSPS) is 21.2. The molecule has 0 aromatic heterocycles. The summed E-state index contributed by atoms with van der Waals surface area (Å²) in [6.45, 7) is 9.13. The van der Waals surface area contributed by atoms with E-state index in [9.17, 15) is 4.79 Å². The van der Waals surface area contributed by atoms with Gasteiger partial charge in [-0.1, -0.05) is 13.3 Å².